The van der Waals surface area contributed by atoms with Gasteiger partial charge in [0, 0.05) is 33.9 Å². The second kappa shape index (κ2) is 6.48. The molecule has 1 aromatic heterocycles. The van der Waals surface area contributed by atoms with Crippen LogP contribution >= 0.6 is 27.5 Å². The molecule has 6 heteroatoms. The van der Waals surface area contributed by atoms with Gasteiger partial charge in [-0.05, 0) is 12.1 Å². The summed E-state index contributed by atoms with van der Waals surface area (Å²) < 4.78 is 26.2. The maximum Gasteiger partial charge on any atom is 0.255 e. The van der Waals surface area contributed by atoms with Gasteiger partial charge in [-0.25, -0.2) is 13.8 Å². The van der Waals surface area contributed by atoms with E-state index >= 15 is 0 Å². The summed E-state index contributed by atoms with van der Waals surface area (Å²) in [5, 5.41) is 1.78. The van der Waals surface area contributed by atoms with Crippen molar-refractivity contribution in [2.45, 2.75) is 6.43 Å². The first kappa shape index (κ1) is 14.5. The van der Waals surface area contributed by atoms with Crippen LogP contribution in [-0.2, 0) is 0 Å². The Morgan fingerprint density at radius 3 is 2.74 bits per heavy atom. The third-order valence-corrected chi connectivity index (χ3v) is 3.60. The quantitative estimate of drug-likeness (QED) is 0.748. The lowest BCUT2D eigenvalue weighted by Crippen LogP contribution is -2.31. The summed E-state index contributed by atoms with van der Waals surface area (Å²) in [6.45, 7) is -0.0319. The largest absolute Gasteiger partial charge is 0.349 e. The minimum absolute atomic E-state index is 0.277. The number of halogens is 4. The number of fused-ring (bicyclic) bond motifs is 1. The summed E-state index contributed by atoms with van der Waals surface area (Å²) in [6, 6.07) is 7.49. The van der Waals surface area contributed by atoms with Gasteiger partial charge in [0.15, 0.2) is 0 Å². The Labute approximate surface area is 123 Å². The van der Waals surface area contributed by atoms with Gasteiger partial charge >= 0.3 is 0 Å². The Hall–Kier alpha value is -0.940. The molecule has 1 heterocycles. The number of pyridine rings is 1. The van der Waals surface area contributed by atoms with Gasteiger partial charge in [-0.3, -0.25) is 0 Å². The number of rotatable bonds is 5. The Morgan fingerprint density at radius 1 is 1.26 bits per heavy atom. The number of benzene rings is 1. The molecule has 0 spiro atoms. The van der Waals surface area contributed by atoms with Crippen LogP contribution in [0.2, 0.25) is 0 Å². The fraction of sp³-hybridized carbons (Fsp3) is 0.308. The summed E-state index contributed by atoms with van der Waals surface area (Å²) in [5.74, 6) is 0.818. The van der Waals surface area contributed by atoms with Crippen LogP contribution in [0, 0.1) is 0 Å². The fourth-order valence-corrected chi connectivity index (χ4v) is 2.66. The minimum atomic E-state index is -2.42. The Balaban J connectivity index is 2.50. The molecule has 0 amide bonds. The van der Waals surface area contributed by atoms with Crippen LogP contribution < -0.4 is 4.90 Å². The molecule has 0 saturated heterocycles. The Kier molecular flexibility index (Phi) is 4.93. The zero-order chi connectivity index (χ0) is 13.8. The van der Waals surface area contributed by atoms with Crippen LogP contribution in [0.5, 0.6) is 0 Å². The Morgan fingerprint density at radius 2 is 2.05 bits per heavy atom. The minimum Gasteiger partial charge on any atom is -0.349 e. The van der Waals surface area contributed by atoms with Crippen molar-refractivity contribution in [1.82, 2.24) is 4.98 Å². The molecule has 19 heavy (non-hydrogen) atoms. The fourth-order valence-electron chi connectivity index (χ4n) is 1.96. The van der Waals surface area contributed by atoms with E-state index in [0.717, 1.165) is 15.2 Å². The van der Waals surface area contributed by atoms with Gasteiger partial charge in [0.25, 0.3) is 6.43 Å². The van der Waals surface area contributed by atoms with E-state index in [0.29, 0.717) is 12.4 Å². The summed E-state index contributed by atoms with van der Waals surface area (Å²) in [4.78, 5) is 5.75. The standard InChI is InChI=1S/C13H12BrClF2N2/c14-11-3-1-2-10-9(11)4-6-18-13(10)19(7-5-15)8-12(16)17/h1-4,6,12H,5,7-8H2. The highest BCUT2D eigenvalue weighted by atomic mass is 79.9. The molecule has 0 saturated carbocycles. The molecule has 2 nitrogen and oxygen atoms in total. The van der Waals surface area contributed by atoms with Crippen molar-refractivity contribution in [3.63, 3.8) is 0 Å². The van der Waals surface area contributed by atoms with Gasteiger partial charge in [0.1, 0.15) is 5.82 Å². The van der Waals surface area contributed by atoms with E-state index < -0.39 is 6.43 Å². The van der Waals surface area contributed by atoms with E-state index in [2.05, 4.69) is 20.9 Å². The predicted molar refractivity (Wildman–Crippen MR) is 78.4 cm³/mol. The lowest BCUT2D eigenvalue weighted by atomic mass is 10.1. The third-order valence-electron chi connectivity index (χ3n) is 2.74. The van der Waals surface area contributed by atoms with E-state index in [1.165, 1.54) is 4.90 Å². The van der Waals surface area contributed by atoms with Gasteiger partial charge in [0.05, 0.1) is 6.54 Å². The molecule has 0 aliphatic heterocycles. The van der Waals surface area contributed by atoms with Gasteiger partial charge < -0.3 is 4.90 Å². The molecule has 1 aromatic carbocycles. The summed E-state index contributed by atoms with van der Waals surface area (Å²) in [6.07, 6.45) is -0.804. The molecule has 2 aromatic rings. The van der Waals surface area contributed by atoms with Crippen molar-refractivity contribution in [3.8, 4) is 0 Å². The highest BCUT2D eigenvalue weighted by molar-refractivity contribution is 9.10. The highest BCUT2D eigenvalue weighted by Crippen LogP contribution is 2.29. The summed E-state index contributed by atoms with van der Waals surface area (Å²) >= 11 is 9.14. The predicted octanol–water partition coefficient (Wildman–Crippen LogP) is 4.31. The van der Waals surface area contributed by atoms with E-state index in [9.17, 15) is 8.78 Å². The monoisotopic (exact) mass is 348 g/mol. The SMILES string of the molecule is FC(F)CN(CCCl)c1nccc2c(Br)cccc12. The molecule has 0 aliphatic rings. The molecule has 0 radical (unpaired) electrons. The average molecular weight is 350 g/mol. The van der Waals surface area contributed by atoms with Crippen molar-refractivity contribution in [1.29, 1.82) is 0 Å². The zero-order valence-electron chi connectivity index (χ0n) is 9.99. The number of anilines is 1. The smallest absolute Gasteiger partial charge is 0.255 e. The van der Waals surface area contributed by atoms with Crippen molar-refractivity contribution < 1.29 is 8.78 Å². The maximum absolute atomic E-state index is 12.7. The van der Waals surface area contributed by atoms with E-state index in [1.807, 2.05) is 24.3 Å². The van der Waals surface area contributed by atoms with Gasteiger partial charge in [0.2, 0.25) is 0 Å². The topological polar surface area (TPSA) is 16.1 Å². The number of aromatic nitrogens is 1. The van der Waals surface area contributed by atoms with Gasteiger partial charge in [-0.15, -0.1) is 11.6 Å². The molecule has 0 aliphatic carbocycles. The first-order chi connectivity index (χ1) is 9.13. The molecule has 2 rings (SSSR count). The van der Waals surface area contributed by atoms with Crippen molar-refractivity contribution in [2.24, 2.45) is 0 Å². The second-order valence-corrected chi connectivity index (χ2v) is 5.23. The van der Waals surface area contributed by atoms with E-state index in [4.69, 9.17) is 11.6 Å². The first-order valence-corrected chi connectivity index (χ1v) is 7.08. The number of nitrogens with zero attached hydrogens (tertiary/aromatic N) is 2. The first-order valence-electron chi connectivity index (χ1n) is 5.75. The van der Waals surface area contributed by atoms with Crippen molar-refractivity contribution in [3.05, 3.63) is 34.9 Å². The molecule has 0 bridgehead atoms. The molecule has 0 fully saturated rings. The molecular formula is C13H12BrClF2N2. The van der Waals surface area contributed by atoms with E-state index in [1.54, 1.807) is 6.20 Å². The van der Waals surface area contributed by atoms with Crippen LogP contribution in [0.4, 0.5) is 14.6 Å². The average Bonchev–Trinajstić information content (AvgIpc) is 2.38. The molecular weight excluding hydrogens is 338 g/mol. The van der Waals surface area contributed by atoms with Crippen LogP contribution in [-0.4, -0.2) is 30.4 Å². The zero-order valence-corrected chi connectivity index (χ0v) is 12.3. The van der Waals surface area contributed by atoms with Crippen LogP contribution in [0.15, 0.2) is 34.9 Å². The molecule has 102 valence electrons. The Bertz CT molecular complexity index is 565. The summed E-state index contributed by atoms with van der Waals surface area (Å²) in [7, 11) is 0. The molecule has 0 unspecified atom stereocenters. The normalized spacial score (nSPS) is 11.2. The highest BCUT2D eigenvalue weighted by Gasteiger charge is 2.16. The maximum atomic E-state index is 12.7. The van der Waals surface area contributed by atoms with E-state index in [-0.39, 0.29) is 12.4 Å². The van der Waals surface area contributed by atoms with Crippen LogP contribution in [0.1, 0.15) is 0 Å². The van der Waals surface area contributed by atoms with Gasteiger partial charge in [-0.2, -0.15) is 0 Å². The third kappa shape index (κ3) is 3.34. The lowest BCUT2D eigenvalue weighted by molar-refractivity contribution is 0.155. The van der Waals surface area contributed by atoms with Crippen LogP contribution in [0.3, 0.4) is 0 Å². The van der Waals surface area contributed by atoms with Crippen molar-refractivity contribution >= 4 is 44.1 Å². The number of hydrogen-bond donors (Lipinski definition) is 0. The van der Waals surface area contributed by atoms with Crippen molar-refractivity contribution in [2.75, 3.05) is 23.9 Å². The second-order valence-electron chi connectivity index (χ2n) is 4.00. The number of hydrogen-bond acceptors (Lipinski definition) is 2. The molecule has 0 atom stereocenters. The number of alkyl halides is 3. The molecule has 0 N–H and O–H groups in total. The van der Waals surface area contributed by atoms with Gasteiger partial charge in [-0.1, -0.05) is 28.1 Å². The summed E-state index contributed by atoms with van der Waals surface area (Å²) in [5.41, 5.74) is 0. The van der Waals surface area contributed by atoms with Crippen LogP contribution in [0.25, 0.3) is 10.8 Å². The lowest BCUT2D eigenvalue weighted by Gasteiger charge is -2.23.